The van der Waals surface area contributed by atoms with Crippen LogP contribution in [0.4, 0.5) is 11.9 Å². The van der Waals surface area contributed by atoms with Crippen molar-refractivity contribution < 1.29 is 9.21 Å². The molecule has 7 nitrogen and oxygen atoms in total. The summed E-state index contributed by atoms with van der Waals surface area (Å²) in [7, 11) is 0. The fourth-order valence-corrected chi connectivity index (χ4v) is 3.79. The van der Waals surface area contributed by atoms with Crippen molar-refractivity contribution in [3.05, 3.63) is 94.9 Å². The van der Waals surface area contributed by atoms with Crippen molar-refractivity contribution in [2.45, 2.75) is 18.5 Å². The summed E-state index contributed by atoms with van der Waals surface area (Å²) in [6, 6.07) is 21.2. The Labute approximate surface area is 177 Å². The molecular weight excluding hydrogens is 402 g/mol. The summed E-state index contributed by atoms with van der Waals surface area (Å²) in [5.74, 6) is 0.606. The first kappa shape index (κ1) is 18.4. The van der Waals surface area contributed by atoms with E-state index in [-0.39, 0.29) is 23.8 Å². The first-order valence-corrected chi connectivity index (χ1v) is 9.93. The second-order valence-corrected chi connectivity index (χ2v) is 7.48. The normalized spacial score (nSPS) is 17.8. The van der Waals surface area contributed by atoms with Crippen LogP contribution >= 0.6 is 11.6 Å². The molecule has 4 aromatic rings. The molecule has 0 bridgehead atoms. The van der Waals surface area contributed by atoms with Crippen LogP contribution < -0.4 is 10.6 Å². The van der Waals surface area contributed by atoms with E-state index in [0.29, 0.717) is 11.0 Å². The number of hydrogen-bond donors (Lipinski definition) is 2. The average Bonchev–Trinajstić information content (AvgIpc) is 3.44. The molecule has 150 valence electrons. The molecule has 2 atom stereocenters. The van der Waals surface area contributed by atoms with E-state index in [1.807, 2.05) is 42.5 Å². The predicted octanol–water partition coefficient (Wildman–Crippen LogP) is 4.92. The molecule has 2 aromatic heterocycles. The molecule has 1 amide bonds. The second-order valence-electron chi connectivity index (χ2n) is 7.05. The van der Waals surface area contributed by atoms with Gasteiger partial charge in [-0.15, -0.1) is 5.10 Å². The van der Waals surface area contributed by atoms with Crippen molar-refractivity contribution in [1.29, 1.82) is 0 Å². The van der Waals surface area contributed by atoms with Gasteiger partial charge in [0.15, 0.2) is 5.76 Å². The third-order valence-electron chi connectivity index (χ3n) is 5.12. The number of fused-ring (bicyclic) bond motifs is 1. The molecule has 0 aliphatic carbocycles. The number of carbonyl (C=O) groups excluding carboxylic acids is 1. The third kappa shape index (κ3) is 3.55. The van der Waals surface area contributed by atoms with Gasteiger partial charge in [-0.05, 0) is 41.8 Å². The van der Waals surface area contributed by atoms with Gasteiger partial charge >= 0.3 is 0 Å². The highest BCUT2D eigenvalue weighted by molar-refractivity contribution is 6.30. The fraction of sp³-hybridized carbons (Fsp3) is 0.136. The number of anilines is 2. The molecule has 0 fully saturated rings. The van der Waals surface area contributed by atoms with Gasteiger partial charge in [-0.3, -0.25) is 10.1 Å². The Morgan fingerprint density at radius 1 is 1.07 bits per heavy atom. The number of aromatic nitrogens is 3. The van der Waals surface area contributed by atoms with Gasteiger partial charge in [0, 0.05) is 5.02 Å². The first-order chi connectivity index (χ1) is 14.7. The molecule has 8 heteroatoms. The lowest BCUT2D eigenvalue weighted by atomic mass is 9.93. The SMILES string of the molecule is O=C(Nc1nc2n(n1)[C@@H](c1ccc(Cl)cc1)C[C@@H](c1ccccc1)N2)c1ccco1. The number of amides is 1. The standard InChI is InChI=1S/C22H18ClN5O2/c23-16-10-8-15(9-11-16)18-13-17(14-5-2-1-3-6-14)24-22-26-21(27-28(18)22)25-20(29)19-7-4-12-30-19/h1-12,17-18H,13H2,(H2,24,25,26,27,29)/t17-,18+/m0/s1. The lowest BCUT2D eigenvalue weighted by Crippen LogP contribution is -2.28. The van der Waals surface area contributed by atoms with Crippen molar-refractivity contribution in [2.24, 2.45) is 0 Å². The molecule has 0 saturated carbocycles. The minimum atomic E-state index is -0.398. The number of halogens is 1. The lowest BCUT2D eigenvalue weighted by molar-refractivity contribution is 0.0995. The Balaban J connectivity index is 1.50. The van der Waals surface area contributed by atoms with E-state index < -0.39 is 5.91 Å². The van der Waals surface area contributed by atoms with Crippen molar-refractivity contribution in [3.63, 3.8) is 0 Å². The van der Waals surface area contributed by atoms with E-state index in [1.165, 1.54) is 6.26 Å². The largest absolute Gasteiger partial charge is 0.459 e. The quantitative estimate of drug-likeness (QED) is 0.490. The Morgan fingerprint density at radius 3 is 2.60 bits per heavy atom. The summed E-state index contributed by atoms with van der Waals surface area (Å²) in [6.07, 6.45) is 2.22. The molecule has 3 heterocycles. The molecule has 2 aromatic carbocycles. The minimum Gasteiger partial charge on any atom is -0.459 e. The van der Waals surface area contributed by atoms with E-state index >= 15 is 0 Å². The molecule has 2 N–H and O–H groups in total. The topological polar surface area (TPSA) is 85.0 Å². The number of carbonyl (C=O) groups is 1. The highest BCUT2D eigenvalue weighted by Crippen LogP contribution is 2.38. The van der Waals surface area contributed by atoms with E-state index in [2.05, 4.69) is 32.8 Å². The van der Waals surface area contributed by atoms with E-state index in [0.717, 1.165) is 17.5 Å². The van der Waals surface area contributed by atoms with Crippen LogP contribution in [-0.2, 0) is 0 Å². The number of nitrogens with zero attached hydrogens (tertiary/aromatic N) is 3. The maximum atomic E-state index is 12.3. The summed E-state index contributed by atoms with van der Waals surface area (Å²) in [4.78, 5) is 16.8. The summed E-state index contributed by atoms with van der Waals surface area (Å²) in [5, 5.41) is 11.4. The number of furan rings is 1. The molecule has 0 saturated heterocycles. The molecular formula is C22H18ClN5O2. The van der Waals surface area contributed by atoms with E-state index in [9.17, 15) is 4.79 Å². The molecule has 0 radical (unpaired) electrons. The molecule has 0 spiro atoms. The third-order valence-corrected chi connectivity index (χ3v) is 5.37. The molecule has 0 unspecified atom stereocenters. The van der Waals surface area contributed by atoms with Crippen LogP contribution in [0.25, 0.3) is 0 Å². The van der Waals surface area contributed by atoms with Crippen molar-refractivity contribution in [2.75, 3.05) is 10.6 Å². The van der Waals surface area contributed by atoms with Gasteiger partial charge in [-0.25, -0.2) is 4.68 Å². The smallest absolute Gasteiger partial charge is 0.293 e. The van der Waals surface area contributed by atoms with Crippen molar-refractivity contribution >= 4 is 29.4 Å². The zero-order valence-electron chi connectivity index (χ0n) is 15.8. The second kappa shape index (κ2) is 7.68. The van der Waals surface area contributed by atoms with Gasteiger partial charge in [0.1, 0.15) is 0 Å². The Hall–Kier alpha value is -3.58. The fourth-order valence-electron chi connectivity index (χ4n) is 3.67. The number of rotatable bonds is 4. The van der Waals surface area contributed by atoms with Crippen LogP contribution in [-0.4, -0.2) is 20.7 Å². The van der Waals surface area contributed by atoms with Gasteiger partial charge in [0.25, 0.3) is 11.9 Å². The first-order valence-electron chi connectivity index (χ1n) is 9.56. The lowest BCUT2D eigenvalue weighted by Gasteiger charge is -2.31. The summed E-state index contributed by atoms with van der Waals surface area (Å²) in [5.41, 5.74) is 2.23. The molecule has 1 aliphatic heterocycles. The van der Waals surface area contributed by atoms with Gasteiger partial charge in [0.05, 0.1) is 18.3 Å². The van der Waals surface area contributed by atoms with Crippen LogP contribution in [0.5, 0.6) is 0 Å². The van der Waals surface area contributed by atoms with Gasteiger partial charge in [-0.1, -0.05) is 54.1 Å². The Bertz CT molecular complexity index is 1160. The van der Waals surface area contributed by atoms with Crippen LogP contribution in [0, 0.1) is 0 Å². The highest BCUT2D eigenvalue weighted by atomic mass is 35.5. The van der Waals surface area contributed by atoms with Gasteiger partial charge in [-0.2, -0.15) is 4.98 Å². The summed E-state index contributed by atoms with van der Waals surface area (Å²) in [6.45, 7) is 0. The van der Waals surface area contributed by atoms with Crippen molar-refractivity contribution in [1.82, 2.24) is 14.8 Å². The number of hydrogen-bond acceptors (Lipinski definition) is 5. The molecule has 5 rings (SSSR count). The van der Waals surface area contributed by atoms with Crippen LogP contribution in [0.2, 0.25) is 5.02 Å². The molecule has 1 aliphatic rings. The van der Waals surface area contributed by atoms with Crippen LogP contribution in [0.3, 0.4) is 0 Å². The zero-order valence-corrected chi connectivity index (χ0v) is 16.6. The highest BCUT2D eigenvalue weighted by Gasteiger charge is 2.31. The summed E-state index contributed by atoms with van der Waals surface area (Å²) >= 11 is 6.08. The van der Waals surface area contributed by atoms with E-state index in [1.54, 1.807) is 16.8 Å². The number of nitrogens with one attached hydrogen (secondary N) is 2. The predicted molar refractivity (Wildman–Crippen MR) is 114 cm³/mol. The maximum Gasteiger partial charge on any atom is 0.293 e. The van der Waals surface area contributed by atoms with E-state index in [4.69, 9.17) is 16.0 Å². The zero-order chi connectivity index (χ0) is 20.5. The van der Waals surface area contributed by atoms with Crippen LogP contribution in [0.1, 0.15) is 40.2 Å². The summed E-state index contributed by atoms with van der Waals surface area (Å²) < 4.78 is 6.95. The average molecular weight is 420 g/mol. The monoisotopic (exact) mass is 419 g/mol. The van der Waals surface area contributed by atoms with Gasteiger partial charge < -0.3 is 9.73 Å². The maximum absolute atomic E-state index is 12.3. The van der Waals surface area contributed by atoms with Crippen LogP contribution in [0.15, 0.2) is 77.4 Å². The molecule has 30 heavy (non-hydrogen) atoms. The number of benzene rings is 2. The van der Waals surface area contributed by atoms with Gasteiger partial charge in [0.2, 0.25) is 5.95 Å². The van der Waals surface area contributed by atoms with Crippen molar-refractivity contribution in [3.8, 4) is 0 Å². The Morgan fingerprint density at radius 2 is 1.87 bits per heavy atom. The minimum absolute atomic E-state index is 0.0530. The Kier molecular flexibility index (Phi) is 4.72.